The summed E-state index contributed by atoms with van der Waals surface area (Å²) in [5, 5.41) is 3.57. The Hall–Kier alpha value is -4.10. The lowest BCUT2D eigenvalue weighted by atomic mass is 10.0. The molecule has 1 saturated heterocycles. The Morgan fingerprint density at radius 2 is 1.64 bits per heavy atom. The first kappa shape index (κ1) is 25.2. The number of fused-ring (bicyclic) bond motifs is 1. The molecule has 1 aliphatic heterocycles. The lowest BCUT2D eigenvalue weighted by Crippen LogP contribution is -2.48. The van der Waals surface area contributed by atoms with Gasteiger partial charge in [-0.05, 0) is 92.9 Å². The van der Waals surface area contributed by atoms with E-state index in [1.807, 2.05) is 26.1 Å². The molecular weight excluding hydrogens is 484 g/mol. The third-order valence-electron chi connectivity index (χ3n) is 7.70. The Morgan fingerprint density at radius 1 is 0.872 bits per heavy atom. The molecule has 7 nitrogen and oxygen atoms in total. The van der Waals surface area contributed by atoms with E-state index in [4.69, 9.17) is 14.4 Å². The minimum Gasteiger partial charge on any atom is -0.461 e. The van der Waals surface area contributed by atoms with E-state index < -0.39 is 0 Å². The van der Waals surface area contributed by atoms with Crippen LogP contribution < -0.4 is 10.2 Å². The van der Waals surface area contributed by atoms with Crippen LogP contribution in [0.4, 0.5) is 17.2 Å². The SMILES string of the molecule is Cc1cc(C)nc(Nc2cc(-c3ccc(N4CCN(C(C)C)CC4)cc3)cc3c2nc(-c2ccco2)n3C)c1. The van der Waals surface area contributed by atoms with Gasteiger partial charge in [-0.25, -0.2) is 9.97 Å². The first-order valence-electron chi connectivity index (χ1n) is 13.7. The average Bonchev–Trinajstić information content (AvgIpc) is 3.57. The predicted molar refractivity (Wildman–Crippen MR) is 160 cm³/mol. The highest BCUT2D eigenvalue weighted by atomic mass is 16.3. The summed E-state index contributed by atoms with van der Waals surface area (Å²) in [6, 6.07) is 21.9. The lowest BCUT2D eigenvalue weighted by Gasteiger charge is -2.38. The summed E-state index contributed by atoms with van der Waals surface area (Å²) >= 11 is 0. The van der Waals surface area contributed by atoms with E-state index in [9.17, 15) is 0 Å². The number of hydrogen-bond acceptors (Lipinski definition) is 6. The molecule has 0 bridgehead atoms. The molecule has 1 aliphatic rings. The number of imidazole rings is 1. The highest BCUT2D eigenvalue weighted by Gasteiger charge is 2.20. The summed E-state index contributed by atoms with van der Waals surface area (Å²) in [6.07, 6.45) is 1.68. The Labute approximate surface area is 230 Å². The van der Waals surface area contributed by atoms with Crippen LogP contribution in [0.15, 0.2) is 71.3 Å². The van der Waals surface area contributed by atoms with Crippen molar-refractivity contribution in [3.05, 3.63) is 78.2 Å². The van der Waals surface area contributed by atoms with Gasteiger partial charge in [-0.15, -0.1) is 0 Å². The largest absolute Gasteiger partial charge is 0.461 e. The number of rotatable bonds is 6. The summed E-state index contributed by atoms with van der Waals surface area (Å²) in [6.45, 7) is 13.0. The van der Waals surface area contributed by atoms with E-state index in [0.29, 0.717) is 6.04 Å². The van der Waals surface area contributed by atoms with E-state index in [2.05, 4.69) is 89.0 Å². The van der Waals surface area contributed by atoms with Gasteiger partial charge in [0.25, 0.3) is 0 Å². The molecule has 3 aromatic heterocycles. The predicted octanol–water partition coefficient (Wildman–Crippen LogP) is 6.79. The monoisotopic (exact) mass is 520 g/mol. The summed E-state index contributed by atoms with van der Waals surface area (Å²) in [5.41, 5.74) is 8.54. The van der Waals surface area contributed by atoms with Crippen LogP contribution in [-0.2, 0) is 7.05 Å². The van der Waals surface area contributed by atoms with E-state index in [-0.39, 0.29) is 0 Å². The Bertz CT molecular complexity index is 1570. The maximum atomic E-state index is 5.70. The van der Waals surface area contributed by atoms with Gasteiger partial charge in [0.15, 0.2) is 11.6 Å². The zero-order valence-corrected chi connectivity index (χ0v) is 23.4. The van der Waals surface area contributed by atoms with Crippen LogP contribution >= 0.6 is 0 Å². The molecule has 1 fully saturated rings. The number of nitrogens with zero attached hydrogens (tertiary/aromatic N) is 5. The van der Waals surface area contributed by atoms with Crippen LogP contribution in [0, 0.1) is 13.8 Å². The molecule has 7 heteroatoms. The molecule has 0 atom stereocenters. The number of hydrogen-bond donors (Lipinski definition) is 1. The number of aryl methyl sites for hydroxylation is 3. The summed E-state index contributed by atoms with van der Waals surface area (Å²) < 4.78 is 7.80. The summed E-state index contributed by atoms with van der Waals surface area (Å²) in [4.78, 5) is 14.7. The van der Waals surface area contributed by atoms with Crippen molar-refractivity contribution in [1.82, 2.24) is 19.4 Å². The maximum Gasteiger partial charge on any atom is 0.177 e. The number of aromatic nitrogens is 3. The van der Waals surface area contributed by atoms with E-state index in [0.717, 1.165) is 71.6 Å². The van der Waals surface area contributed by atoms with Crippen molar-refractivity contribution < 1.29 is 4.42 Å². The zero-order valence-electron chi connectivity index (χ0n) is 23.4. The number of pyridine rings is 1. The topological polar surface area (TPSA) is 62.4 Å². The van der Waals surface area contributed by atoms with Gasteiger partial charge in [0.1, 0.15) is 11.3 Å². The van der Waals surface area contributed by atoms with E-state index in [1.165, 1.54) is 16.8 Å². The summed E-state index contributed by atoms with van der Waals surface area (Å²) in [5.74, 6) is 2.35. The van der Waals surface area contributed by atoms with Gasteiger partial charge in [0.05, 0.1) is 17.5 Å². The van der Waals surface area contributed by atoms with Crippen molar-refractivity contribution >= 4 is 28.2 Å². The molecule has 0 spiro atoms. The number of nitrogens with one attached hydrogen (secondary N) is 1. The van der Waals surface area contributed by atoms with Gasteiger partial charge in [-0.2, -0.15) is 0 Å². The van der Waals surface area contributed by atoms with Crippen molar-refractivity contribution in [2.24, 2.45) is 7.05 Å². The smallest absolute Gasteiger partial charge is 0.177 e. The molecule has 0 radical (unpaired) electrons. The Kier molecular flexibility index (Phi) is 6.61. The van der Waals surface area contributed by atoms with Crippen LogP contribution in [0.3, 0.4) is 0 Å². The van der Waals surface area contributed by atoms with Crippen molar-refractivity contribution in [2.45, 2.75) is 33.7 Å². The van der Waals surface area contributed by atoms with E-state index in [1.54, 1.807) is 6.26 Å². The fourth-order valence-corrected chi connectivity index (χ4v) is 5.58. The first-order valence-corrected chi connectivity index (χ1v) is 13.7. The summed E-state index contributed by atoms with van der Waals surface area (Å²) in [7, 11) is 2.04. The molecule has 2 aromatic carbocycles. The third-order valence-corrected chi connectivity index (χ3v) is 7.70. The van der Waals surface area contributed by atoms with E-state index >= 15 is 0 Å². The third kappa shape index (κ3) is 5.02. The molecule has 0 saturated carbocycles. The van der Waals surface area contributed by atoms with Gasteiger partial charge < -0.3 is 19.2 Å². The van der Waals surface area contributed by atoms with Gasteiger partial charge in [0.2, 0.25) is 0 Å². The van der Waals surface area contributed by atoms with Crippen LogP contribution in [0.1, 0.15) is 25.1 Å². The first-order chi connectivity index (χ1) is 18.9. The average molecular weight is 521 g/mol. The van der Waals surface area contributed by atoms with Gasteiger partial charge >= 0.3 is 0 Å². The normalized spacial score (nSPS) is 14.5. The Balaban J connectivity index is 1.38. The molecule has 200 valence electrons. The molecule has 6 rings (SSSR count). The quantitative estimate of drug-likeness (QED) is 0.266. The standard InChI is InChI=1S/C32H36N6O/c1-21(2)37-12-14-38(15-13-37)26-10-8-24(9-11-26)25-19-27(34-30-18-22(3)17-23(4)33-30)31-28(20-25)36(5)32(35-31)29-7-6-16-39-29/h6-11,16-21H,12-15H2,1-5H3,(H,33,34). The molecule has 1 N–H and O–H groups in total. The maximum absolute atomic E-state index is 5.70. The molecule has 0 unspecified atom stereocenters. The van der Waals surface area contributed by atoms with Crippen molar-refractivity contribution in [2.75, 3.05) is 36.4 Å². The molecule has 4 heterocycles. The highest BCUT2D eigenvalue weighted by molar-refractivity contribution is 5.96. The van der Waals surface area contributed by atoms with Crippen molar-refractivity contribution in [3.63, 3.8) is 0 Å². The zero-order chi connectivity index (χ0) is 27.1. The molecule has 0 amide bonds. The van der Waals surface area contributed by atoms with Crippen molar-refractivity contribution in [3.8, 4) is 22.7 Å². The van der Waals surface area contributed by atoms with Crippen LogP contribution in [0.25, 0.3) is 33.7 Å². The number of furan rings is 1. The van der Waals surface area contributed by atoms with Gasteiger partial charge in [-0.3, -0.25) is 4.90 Å². The molecular formula is C32H36N6O. The molecule has 5 aromatic rings. The van der Waals surface area contributed by atoms with Gasteiger partial charge in [0, 0.05) is 50.6 Å². The second kappa shape index (κ2) is 10.2. The fourth-order valence-electron chi connectivity index (χ4n) is 5.58. The highest BCUT2D eigenvalue weighted by Crippen LogP contribution is 2.35. The Morgan fingerprint density at radius 3 is 2.31 bits per heavy atom. The van der Waals surface area contributed by atoms with Crippen LogP contribution in [0.5, 0.6) is 0 Å². The lowest BCUT2D eigenvalue weighted by molar-refractivity contribution is 0.209. The minimum absolute atomic E-state index is 0.603. The fraction of sp³-hybridized carbons (Fsp3) is 0.312. The van der Waals surface area contributed by atoms with Crippen LogP contribution in [0.2, 0.25) is 0 Å². The minimum atomic E-state index is 0.603. The molecule has 39 heavy (non-hydrogen) atoms. The van der Waals surface area contributed by atoms with Crippen LogP contribution in [-0.4, -0.2) is 51.7 Å². The molecule has 0 aliphatic carbocycles. The van der Waals surface area contributed by atoms with Crippen molar-refractivity contribution in [1.29, 1.82) is 0 Å². The second-order valence-electron chi connectivity index (χ2n) is 10.8. The second-order valence-corrected chi connectivity index (χ2v) is 10.8. The number of piperazine rings is 1. The van der Waals surface area contributed by atoms with Gasteiger partial charge in [-0.1, -0.05) is 12.1 Å². The number of benzene rings is 2. The number of anilines is 3.